The molecule has 0 bridgehead atoms. The van der Waals surface area contributed by atoms with Gasteiger partial charge in [-0.1, -0.05) is 12.1 Å². The Labute approximate surface area is 153 Å². The molecule has 1 saturated heterocycles. The molecule has 1 aliphatic heterocycles. The summed E-state index contributed by atoms with van der Waals surface area (Å²) in [5, 5.41) is 10.9. The minimum Gasteiger partial charge on any atom is -0.426 e. The van der Waals surface area contributed by atoms with Crippen LogP contribution in [0.5, 0.6) is 5.75 Å². The summed E-state index contributed by atoms with van der Waals surface area (Å²) in [6.07, 6.45) is 1.43. The van der Waals surface area contributed by atoms with Crippen LogP contribution < -0.4 is 9.64 Å². The van der Waals surface area contributed by atoms with Crippen molar-refractivity contribution in [1.29, 1.82) is 0 Å². The first kappa shape index (κ1) is 16.8. The summed E-state index contributed by atoms with van der Waals surface area (Å²) in [7, 11) is 0. The lowest BCUT2D eigenvalue weighted by atomic mass is 10.1. The Morgan fingerprint density at radius 1 is 1.15 bits per heavy atom. The van der Waals surface area contributed by atoms with Crippen molar-refractivity contribution in [2.24, 2.45) is 5.92 Å². The maximum atomic E-state index is 13.9. The zero-order chi connectivity index (χ0) is 18.8. The van der Waals surface area contributed by atoms with Crippen molar-refractivity contribution in [3.63, 3.8) is 0 Å². The first-order chi connectivity index (χ1) is 13.1. The van der Waals surface area contributed by atoms with Crippen LogP contribution in [0.3, 0.4) is 0 Å². The summed E-state index contributed by atoms with van der Waals surface area (Å²) in [5.74, 6) is -1.66. The van der Waals surface area contributed by atoms with Crippen LogP contribution in [-0.2, 0) is 9.59 Å². The van der Waals surface area contributed by atoms with Gasteiger partial charge in [0, 0.05) is 13.0 Å². The van der Waals surface area contributed by atoms with Crippen molar-refractivity contribution in [3.05, 3.63) is 60.7 Å². The van der Waals surface area contributed by atoms with Gasteiger partial charge in [-0.25, -0.2) is 9.07 Å². The average molecular weight is 367 g/mol. The third-order valence-electron chi connectivity index (χ3n) is 4.27. The van der Waals surface area contributed by atoms with Crippen molar-refractivity contribution in [2.75, 3.05) is 11.4 Å². The smallest absolute Gasteiger partial charge is 0.316 e. The minimum absolute atomic E-state index is 0.0180. The number of halogens is 1. The molecule has 1 atom stereocenters. The Morgan fingerprint density at radius 3 is 2.63 bits per heavy atom. The molecule has 3 aromatic rings. The maximum Gasteiger partial charge on any atom is 0.316 e. The summed E-state index contributed by atoms with van der Waals surface area (Å²) < 4.78 is 20.7. The predicted molar refractivity (Wildman–Crippen MR) is 91.6 cm³/mol. The molecule has 2 aromatic carbocycles. The highest BCUT2D eigenvalue weighted by Gasteiger charge is 2.37. The number of aromatic nitrogens is 4. The van der Waals surface area contributed by atoms with Crippen molar-refractivity contribution >= 4 is 17.6 Å². The molecule has 0 aliphatic carbocycles. The number of rotatable bonds is 4. The van der Waals surface area contributed by atoms with E-state index in [0.717, 1.165) is 0 Å². The van der Waals surface area contributed by atoms with Gasteiger partial charge in [0.05, 0.1) is 17.3 Å². The Bertz CT molecular complexity index is 975. The monoisotopic (exact) mass is 367 g/mol. The molecule has 9 heteroatoms. The lowest BCUT2D eigenvalue weighted by molar-refractivity contribution is -0.139. The summed E-state index contributed by atoms with van der Waals surface area (Å²) in [4.78, 5) is 25.9. The van der Waals surface area contributed by atoms with Gasteiger partial charge in [-0.3, -0.25) is 9.59 Å². The zero-order valence-electron chi connectivity index (χ0n) is 14.0. The van der Waals surface area contributed by atoms with E-state index in [9.17, 15) is 14.0 Å². The van der Waals surface area contributed by atoms with Crippen LogP contribution in [0.4, 0.5) is 10.1 Å². The second-order valence-electron chi connectivity index (χ2n) is 6.03. The summed E-state index contributed by atoms with van der Waals surface area (Å²) in [5.41, 5.74) is 0.880. The molecule has 1 aromatic heterocycles. The molecule has 8 nitrogen and oxygen atoms in total. The fraction of sp³-hybridized carbons (Fsp3) is 0.167. The van der Waals surface area contributed by atoms with E-state index < -0.39 is 17.7 Å². The standard InChI is InChI=1S/C18H14FN5O3/c19-15-3-1-2-4-16(15)23-10-12(9-17(23)25)18(26)27-14-7-5-13(6-8-14)24-11-20-21-22-24/h1-8,11-12H,9-10H2. The number of carbonyl (C=O) groups is 2. The van der Waals surface area contributed by atoms with Gasteiger partial charge in [-0.15, -0.1) is 5.10 Å². The first-order valence-corrected chi connectivity index (χ1v) is 8.22. The van der Waals surface area contributed by atoms with E-state index in [1.807, 2.05) is 0 Å². The van der Waals surface area contributed by atoms with Crippen molar-refractivity contribution in [3.8, 4) is 11.4 Å². The van der Waals surface area contributed by atoms with Crippen LogP contribution in [-0.4, -0.2) is 38.6 Å². The van der Waals surface area contributed by atoms with Crippen LogP contribution in [0.1, 0.15) is 6.42 Å². The maximum absolute atomic E-state index is 13.9. The van der Waals surface area contributed by atoms with E-state index >= 15 is 0 Å². The van der Waals surface area contributed by atoms with E-state index in [0.29, 0.717) is 11.4 Å². The number of nitrogens with zero attached hydrogens (tertiary/aromatic N) is 5. The zero-order valence-corrected chi connectivity index (χ0v) is 14.0. The molecule has 1 fully saturated rings. The molecule has 0 N–H and O–H groups in total. The summed E-state index contributed by atoms with van der Waals surface area (Å²) in [6, 6.07) is 12.6. The molecule has 0 spiro atoms. The van der Waals surface area contributed by atoms with Crippen molar-refractivity contribution in [2.45, 2.75) is 6.42 Å². The molecule has 1 aliphatic rings. The lowest BCUT2D eigenvalue weighted by Crippen LogP contribution is -2.28. The molecule has 0 saturated carbocycles. The third kappa shape index (κ3) is 3.39. The Hall–Kier alpha value is -3.62. The van der Waals surface area contributed by atoms with Crippen molar-refractivity contribution in [1.82, 2.24) is 20.2 Å². The van der Waals surface area contributed by atoms with Crippen LogP contribution in [0.2, 0.25) is 0 Å². The number of esters is 1. The first-order valence-electron chi connectivity index (χ1n) is 8.22. The number of carbonyl (C=O) groups excluding carboxylic acids is 2. The van der Waals surface area contributed by atoms with Crippen molar-refractivity contribution < 1.29 is 18.7 Å². The van der Waals surface area contributed by atoms with Gasteiger partial charge < -0.3 is 9.64 Å². The molecular weight excluding hydrogens is 353 g/mol. The van der Waals surface area contributed by atoms with Gasteiger partial charge in [-0.05, 0) is 46.8 Å². The van der Waals surface area contributed by atoms with E-state index in [1.165, 1.54) is 28.0 Å². The SMILES string of the molecule is O=C(Oc1ccc(-n2cnnn2)cc1)C1CC(=O)N(c2ccccc2F)C1. The number of anilines is 1. The minimum atomic E-state index is -0.656. The Balaban J connectivity index is 1.43. The van der Waals surface area contributed by atoms with E-state index in [-0.39, 0.29) is 24.6 Å². The highest BCUT2D eigenvalue weighted by molar-refractivity contribution is 5.99. The second-order valence-corrected chi connectivity index (χ2v) is 6.03. The number of hydrogen-bond donors (Lipinski definition) is 0. The fourth-order valence-corrected chi connectivity index (χ4v) is 2.91. The van der Waals surface area contributed by atoms with Gasteiger partial charge >= 0.3 is 5.97 Å². The highest BCUT2D eigenvalue weighted by Crippen LogP contribution is 2.28. The molecule has 1 unspecified atom stereocenters. The predicted octanol–water partition coefficient (Wildman–Crippen LogP) is 1.76. The topological polar surface area (TPSA) is 90.2 Å². The molecule has 27 heavy (non-hydrogen) atoms. The summed E-state index contributed by atoms with van der Waals surface area (Å²) >= 11 is 0. The number of hydrogen-bond acceptors (Lipinski definition) is 6. The molecular formula is C18H14FN5O3. The Kier molecular flexibility index (Phi) is 4.33. The van der Waals surface area contributed by atoms with Crippen LogP contribution in [0.15, 0.2) is 54.9 Å². The van der Waals surface area contributed by atoms with Crippen LogP contribution in [0.25, 0.3) is 5.69 Å². The molecule has 0 radical (unpaired) electrons. The molecule has 2 heterocycles. The number of ether oxygens (including phenoxy) is 1. The molecule has 1 amide bonds. The van der Waals surface area contributed by atoms with E-state index in [2.05, 4.69) is 15.5 Å². The van der Waals surface area contributed by atoms with Gasteiger partial charge in [0.2, 0.25) is 5.91 Å². The third-order valence-corrected chi connectivity index (χ3v) is 4.27. The Morgan fingerprint density at radius 2 is 1.93 bits per heavy atom. The lowest BCUT2D eigenvalue weighted by Gasteiger charge is -2.17. The second kappa shape index (κ2) is 6.94. The van der Waals surface area contributed by atoms with Crippen LogP contribution >= 0.6 is 0 Å². The number of benzene rings is 2. The van der Waals surface area contributed by atoms with Crippen LogP contribution in [0, 0.1) is 11.7 Å². The number of para-hydroxylation sites is 1. The number of tetrazole rings is 1. The van der Waals surface area contributed by atoms with Gasteiger partial charge in [-0.2, -0.15) is 0 Å². The largest absolute Gasteiger partial charge is 0.426 e. The van der Waals surface area contributed by atoms with Gasteiger partial charge in [0.1, 0.15) is 17.9 Å². The van der Waals surface area contributed by atoms with E-state index in [4.69, 9.17) is 4.74 Å². The van der Waals surface area contributed by atoms with Gasteiger partial charge in [0.25, 0.3) is 0 Å². The van der Waals surface area contributed by atoms with Gasteiger partial charge in [0.15, 0.2) is 0 Å². The summed E-state index contributed by atoms with van der Waals surface area (Å²) in [6.45, 7) is 0.0846. The fourth-order valence-electron chi connectivity index (χ4n) is 2.91. The molecule has 4 rings (SSSR count). The normalized spacial score (nSPS) is 16.6. The number of amides is 1. The van der Waals surface area contributed by atoms with E-state index in [1.54, 1.807) is 36.4 Å². The average Bonchev–Trinajstić information content (AvgIpc) is 3.33. The molecule has 136 valence electrons. The highest BCUT2D eigenvalue weighted by atomic mass is 19.1. The quantitative estimate of drug-likeness (QED) is 0.516.